The van der Waals surface area contributed by atoms with E-state index in [0.29, 0.717) is 6.42 Å². The van der Waals surface area contributed by atoms with Crippen molar-refractivity contribution in [3.05, 3.63) is 36.5 Å². The fourth-order valence-electron chi connectivity index (χ4n) is 8.25. The minimum Gasteiger partial charge on any atom is -0.394 e. The number of amides is 1. The summed E-state index contributed by atoms with van der Waals surface area (Å²) in [7, 11) is 0. The first-order valence-electron chi connectivity index (χ1n) is 26.7. The van der Waals surface area contributed by atoms with Crippen LogP contribution in [0.15, 0.2) is 36.5 Å². The van der Waals surface area contributed by atoms with Crippen molar-refractivity contribution < 1.29 is 15.0 Å². The van der Waals surface area contributed by atoms with Crippen LogP contribution in [-0.4, -0.2) is 34.9 Å². The molecule has 0 saturated heterocycles. The smallest absolute Gasteiger partial charge is 0.220 e. The largest absolute Gasteiger partial charge is 0.394 e. The molecular weight excluding hydrogens is 723 g/mol. The maximum Gasteiger partial charge on any atom is 0.220 e. The number of hydrogen-bond donors (Lipinski definition) is 3. The van der Waals surface area contributed by atoms with Crippen LogP contribution in [0.3, 0.4) is 0 Å². The second-order valence-corrected chi connectivity index (χ2v) is 18.3. The lowest BCUT2D eigenvalue weighted by atomic mass is 10.0. The Balaban J connectivity index is 3.40. The average Bonchev–Trinajstić information content (AvgIpc) is 3.24. The van der Waals surface area contributed by atoms with Crippen molar-refractivity contribution in [1.82, 2.24) is 5.32 Å². The molecule has 0 aromatic carbocycles. The predicted molar refractivity (Wildman–Crippen MR) is 262 cm³/mol. The Morgan fingerprint density at radius 3 is 0.983 bits per heavy atom. The fraction of sp³-hybridized carbons (Fsp3) is 0.873. The Morgan fingerprint density at radius 1 is 0.390 bits per heavy atom. The quantitative estimate of drug-likeness (QED) is 0.0423. The van der Waals surface area contributed by atoms with Crippen LogP contribution in [0, 0.1) is 0 Å². The molecule has 4 heteroatoms. The van der Waals surface area contributed by atoms with Crippen molar-refractivity contribution in [2.24, 2.45) is 0 Å². The van der Waals surface area contributed by atoms with Gasteiger partial charge in [0.15, 0.2) is 0 Å². The lowest BCUT2D eigenvalue weighted by molar-refractivity contribution is -0.123. The van der Waals surface area contributed by atoms with Crippen LogP contribution < -0.4 is 5.32 Å². The SMILES string of the molecule is CCCCCCCC/C=C/CC/C=C/C(O)C(CO)NC(=O)CCCCCCCCCCCCCCCCCCCCCCCCC/C=C\CCCCCCCCCC. The Bertz CT molecular complexity index is 897. The molecule has 0 spiro atoms. The van der Waals surface area contributed by atoms with Gasteiger partial charge in [0.25, 0.3) is 0 Å². The summed E-state index contributed by atoms with van der Waals surface area (Å²) in [6, 6.07) is -0.635. The second-order valence-electron chi connectivity index (χ2n) is 18.3. The van der Waals surface area contributed by atoms with Gasteiger partial charge in [-0.1, -0.05) is 262 Å². The molecule has 0 aliphatic rings. The Labute approximate surface area is 370 Å². The highest BCUT2D eigenvalue weighted by Gasteiger charge is 2.17. The molecule has 348 valence electrons. The minimum atomic E-state index is -0.859. The predicted octanol–water partition coefficient (Wildman–Crippen LogP) is 17.3. The Hall–Kier alpha value is -1.39. The molecular formula is C55H105NO3. The van der Waals surface area contributed by atoms with Crippen molar-refractivity contribution in [3.8, 4) is 0 Å². The van der Waals surface area contributed by atoms with Crippen LogP contribution in [0.5, 0.6) is 0 Å². The first-order chi connectivity index (χ1) is 29.2. The van der Waals surface area contributed by atoms with Crippen LogP contribution >= 0.6 is 0 Å². The van der Waals surface area contributed by atoms with E-state index in [1.807, 2.05) is 6.08 Å². The molecule has 0 fully saturated rings. The molecule has 0 rings (SSSR count). The van der Waals surface area contributed by atoms with Gasteiger partial charge in [-0.25, -0.2) is 0 Å². The number of allylic oxidation sites excluding steroid dienone is 5. The molecule has 2 atom stereocenters. The summed E-state index contributed by atoms with van der Waals surface area (Å²) in [5, 5.41) is 23.0. The summed E-state index contributed by atoms with van der Waals surface area (Å²) in [6.07, 6.45) is 68.9. The molecule has 4 nitrogen and oxygen atoms in total. The van der Waals surface area contributed by atoms with Gasteiger partial charge in [-0.2, -0.15) is 0 Å². The van der Waals surface area contributed by atoms with E-state index in [1.165, 1.54) is 238 Å². The second kappa shape index (κ2) is 51.0. The van der Waals surface area contributed by atoms with Crippen LogP contribution in [0.1, 0.15) is 290 Å². The Kier molecular flexibility index (Phi) is 49.8. The third-order valence-corrected chi connectivity index (χ3v) is 12.3. The number of unbranched alkanes of at least 4 members (excludes halogenated alkanes) is 38. The molecule has 0 heterocycles. The first kappa shape index (κ1) is 57.6. The van der Waals surface area contributed by atoms with Gasteiger partial charge in [0.1, 0.15) is 0 Å². The average molecular weight is 828 g/mol. The number of rotatable bonds is 49. The van der Waals surface area contributed by atoms with Crippen molar-refractivity contribution in [1.29, 1.82) is 0 Å². The Morgan fingerprint density at radius 2 is 0.661 bits per heavy atom. The monoisotopic (exact) mass is 828 g/mol. The molecule has 0 aromatic heterocycles. The molecule has 0 bridgehead atoms. The standard InChI is InChI=1S/C55H105NO3/c1-3-5-7-9-11-13-15-17-18-19-20-21-22-23-24-25-26-27-28-29-30-31-32-33-34-35-36-37-38-39-41-43-45-47-49-51-55(59)56-53(52-57)54(58)50-48-46-44-42-40-16-14-12-10-8-6-4-2/h19-20,40,42,48,50,53-54,57-58H,3-18,21-39,41,43-47,49,51-52H2,1-2H3,(H,56,59)/b20-19-,42-40+,50-48+. The minimum absolute atomic E-state index is 0.0706. The van der Waals surface area contributed by atoms with Crippen molar-refractivity contribution >= 4 is 5.91 Å². The van der Waals surface area contributed by atoms with Crippen molar-refractivity contribution in [2.75, 3.05) is 6.61 Å². The number of hydrogen-bond acceptors (Lipinski definition) is 3. The summed E-state index contributed by atoms with van der Waals surface area (Å²) >= 11 is 0. The van der Waals surface area contributed by atoms with Gasteiger partial charge in [-0.3, -0.25) is 4.79 Å². The zero-order valence-electron chi connectivity index (χ0n) is 40.0. The lowest BCUT2D eigenvalue weighted by Gasteiger charge is -2.19. The fourth-order valence-corrected chi connectivity index (χ4v) is 8.25. The highest BCUT2D eigenvalue weighted by molar-refractivity contribution is 5.76. The van der Waals surface area contributed by atoms with Gasteiger partial charge < -0.3 is 15.5 Å². The number of carbonyl (C=O) groups is 1. The summed E-state index contributed by atoms with van der Waals surface area (Å²) in [5.74, 6) is -0.0706. The number of nitrogens with one attached hydrogen (secondary N) is 1. The maximum atomic E-state index is 12.4. The zero-order valence-corrected chi connectivity index (χ0v) is 40.0. The molecule has 0 aliphatic heterocycles. The third-order valence-electron chi connectivity index (χ3n) is 12.3. The van der Waals surface area contributed by atoms with Gasteiger partial charge in [-0.05, 0) is 57.8 Å². The van der Waals surface area contributed by atoms with Gasteiger partial charge >= 0.3 is 0 Å². The van der Waals surface area contributed by atoms with Crippen LogP contribution in [0.25, 0.3) is 0 Å². The third kappa shape index (κ3) is 47.5. The van der Waals surface area contributed by atoms with E-state index in [4.69, 9.17) is 0 Å². The lowest BCUT2D eigenvalue weighted by Crippen LogP contribution is -2.45. The van der Waals surface area contributed by atoms with Gasteiger partial charge in [0.2, 0.25) is 5.91 Å². The normalized spacial score (nSPS) is 13.1. The highest BCUT2D eigenvalue weighted by Crippen LogP contribution is 2.17. The summed E-state index contributed by atoms with van der Waals surface area (Å²) in [6.45, 7) is 4.29. The van der Waals surface area contributed by atoms with E-state index in [0.717, 1.165) is 32.1 Å². The molecule has 0 radical (unpaired) electrons. The van der Waals surface area contributed by atoms with Gasteiger partial charge in [0.05, 0.1) is 18.8 Å². The van der Waals surface area contributed by atoms with Crippen LogP contribution in [-0.2, 0) is 4.79 Å². The van der Waals surface area contributed by atoms with E-state index < -0.39 is 12.1 Å². The topological polar surface area (TPSA) is 69.6 Å². The van der Waals surface area contributed by atoms with Gasteiger partial charge in [-0.15, -0.1) is 0 Å². The van der Waals surface area contributed by atoms with Crippen molar-refractivity contribution in [3.63, 3.8) is 0 Å². The van der Waals surface area contributed by atoms with E-state index >= 15 is 0 Å². The van der Waals surface area contributed by atoms with Gasteiger partial charge in [0, 0.05) is 6.42 Å². The summed E-state index contributed by atoms with van der Waals surface area (Å²) in [4.78, 5) is 12.4. The molecule has 2 unspecified atom stereocenters. The number of carbonyl (C=O) groups excluding carboxylic acids is 1. The van der Waals surface area contributed by atoms with E-state index in [2.05, 4.69) is 43.5 Å². The molecule has 59 heavy (non-hydrogen) atoms. The number of aliphatic hydroxyl groups is 2. The highest BCUT2D eigenvalue weighted by atomic mass is 16.3. The van der Waals surface area contributed by atoms with Crippen molar-refractivity contribution in [2.45, 2.75) is 302 Å². The van der Waals surface area contributed by atoms with E-state index in [1.54, 1.807) is 6.08 Å². The first-order valence-corrected chi connectivity index (χ1v) is 26.7. The summed E-state index contributed by atoms with van der Waals surface area (Å²) < 4.78 is 0. The number of aliphatic hydroxyl groups excluding tert-OH is 2. The van der Waals surface area contributed by atoms with Crippen LogP contribution in [0.4, 0.5) is 0 Å². The molecule has 3 N–H and O–H groups in total. The molecule has 0 saturated carbocycles. The van der Waals surface area contributed by atoms with E-state index in [9.17, 15) is 15.0 Å². The molecule has 0 aliphatic carbocycles. The van der Waals surface area contributed by atoms with Crippen LogP contribution in [0.2, 0.25) is 0 Å². The van der Waals surface area contributed by atoms with E-state index in [-0.39, 0.29) is 12.5 Å². The molecule has 0 aromatic rings. The summed E-state index contributed by atoms with van der Waals surface area (Å²) in [5.41, 5.74) is 0. The maximum absolute atomic E-state index is 12.4. The zero-order chi connectivity index (χ0) is 42.8. The molecule has 1 amide bonds.